The van der Waals surface area contributed by atoms with E-state index >= 15 is 0 Å². The van der Waals surface area contributed by atoms with Crippen LogP contribution < -0.4 is 11.3 Å². The van der Waals surface area contributed by atoms with Gasteiger partial charge >= 0.3 is 0 Å². The third-order valence-electron chi connectivity index (χ3n) is 2.64. The second kappa shape index (κ2) is 3.99. The first kappa shape index (κ1) is 11.3. The number of nitrogens with two attached hydrogens (primary N) is 1. The summed E-state index contributed by atoms with van der Waals surface area (Å²) in [4.78, 5) is 4.23. The van der Waals surface area contributed by atoms with Crippen LogP contribution in [0.2, 0.25) is 0 Å². The molecule has 0 unspecified atom stereocenters. The number of hydrazine groups is 1. The molecule has 0 amide bonds. The van der Waals surface area contributed by atoms with Crippen LogP contribution in [0.1, 0.15) is 11.3 Å². The number of nitrogens with zero attached hydrogens (tertiary/aromatic N) is 1. The maximum atomic E-state index is 13.7. The van der Waals surface area contributed by atoms with E-state index < -0.39 is 0 Å². The van der Waals surface area contributed by atoms with Gasteiger partial charge < -0.3 is 5.43 Å². The van der Waals surface area contributed by atoms with E-state index in [0.717, 1.165) is 11.3 Å². The molecule has 0 spiro atoms. The quantitative estimate of drug-likeness (QED) is 0.625. The van der Waals surface area contributed by atoms with E-state index in [1.807, 2.05) is 13.8 Å². The third-order valence-corrected chi connectivity index (χ3v) is 3.10. The Kier molecular flexibility index (Phi) is 2.82. The number of nitrogen functional groups attached to an aromatic ring is 1. The summed E-state index contributed by atoms with van der Waals surface area (Å²) in [5.41, 5.74) is 5.34. The van der Waals surface area contributed by atoms with Crippen LogP contribution in [-0.4, -0.2) is 4.98 Å². The molecule has 0 aliphatic heterocycles. The Morgan fingerprint density at radius 1 is 1.38 bits per heavy atom. The first-order chi connectivity index (χ1) is 7.54. The molecule has 0 atom stereocenters. The van der Waals surface area contributed by atoms with Gasteiger partial charge in [0.2, 0.25) is 0 Å². The summed E-state index contributed by atoms with van der Waals surface area (Å²) in [7, 11) is 0. The van der Waals surface area contributed by atoms with Crippen molar-refractivity contribution in [1.29, 1.82) is 0 Å². The van der Waals surface area contributed by atoms with E-state index in [2.05, 4.69) is 26.3 Å². The van der Waals surface area contributed by atoms with Crippen LogP contribution in [0, 0.1) is 19.7 Å². The average molecular weight is 284 g/mol. The normalized spacial score (nSPS) is 10.8. The highest BCUT2D eigenvalue weighted by Crippen LogP contribution is 2.31. The average Bonchev–Trinajstić information content (AvgIpc) is 2.22. The van der Waals surface area contributed by atoms with Crippen molar-refractivity contribution < 1.29 is 4.39 Å². The molecule has 0 bridgehead atoms. The van der Waals surface area contributed by atoms with Crippen molar-refractivity contribution in [1.82, 2.24) is 4.98 Å². The van der Waals surface area contributed by atoms with Crippen LogP contribution in [-0.2, 0) is 0 Å². The molecule has 2 rings (SSSR count). The minimum atomic E-state index is -0.357. The Hall–Kier alpha value is -1.20. The fourth-order valence-corrected chi connectivity index (χ4v) is 2.12. The summed E-state index contributed by atoms with van der Waals surface area (Å²) in [6.45, 7) is 3.73. The molecule has 3 nitrogen and oxygen atoms in total. The lowest BCUT2D eigenvalue weighted by Gasteiger charge is -2.12. The number of rotatable bonds is 1. The summed E-state index contributed by atoms with van der Waals surface area (Å²) in [5, 5.41) is 0.678. The maximum absolute atomic E-state index is 13.7. The van der Waals surface area contributed by atoms with Gasteiger partial charge in [0, 0.05) is 15.6 Å². The van der Waals surface area contributed by atoms with Gasteiger partial charge in [0.15, 0.2) is 5.82 Å². The van der Waals surface area contributed by atoms with Gasteiger partial charge in [-0.2, -0.15) is 0 Å². The van der Waals surface area contributed by atoms with Crippen LogP contribution in [0.15, 0.2) is 16.6 Å². The smallest absolute Gasteiger partial charge is 0.150 e. The summed E-state index contributed by atoms with van der Waals surface area (Å²) >= 11 is 3.25. The van der Waals surface area contributed by atoms with Crippen molar-refractivity contribution in [2.24, 2.45) is 5.84 Å². The van der Waals surface area contributed by atoms with Crippen LogP contribution in [0.4, 0.5) is 10.1 Å². The number of benzene rings is 1. The fraction of sp³-hybridized carbons (Fsp3) is 0.182. The highest BCUT2D eigenvalue weighted by molar-refractivity contribution is 9.10. The van der Waals surface area contributed by atoms with E-state index in [0.29, 0.717) is 21.1 Å². The van der Waals surface area contributed by atoms with Gasteiger partial charge in [-0.1, -0.05) is 15.9 Å². The predicted molar refractivity (Wildman–Crippen MR) is 66.7 cm³/mol. The standard InChI is InChI=1S/C11H11BrFN3/c1-5-6(2)15-11-8(10(5)16-14)3-7(12)4-9(11)13/h3-4H,14H2,1-2H3,(H,15,16). The van der Waals surface area contributed by atoms with Gasteiger partial charge in [0.05, 0.1) is 5.69 Å². The monoisotopic (exact) mass is 283 g/mol. The highest BCUT2D eigenvalue weighted by atomic mass is 79.9. The minimum absolute atomic E-state index is 0.333. The van der Waals surface area contributed by atoms with Gasteiger partial charge in [0.1, 0.15) is 5.52 Å². The number of fused-ring (bicyclic) bond motifs is 1. The molecule has 0 radical (unpaired) electrons. The lowest BCUT2D eigenvalue weighted by Crippen LogP contribution is -2.10. The second-order valence-corrected chi connectivity index (χ2v) is 4.54. The van der Waals surface area contributed by atoms with Crippen molar-refractivity contribution in [3.63, 3.8) is 0 Å². The molecule has 3 N–H and O–H groups in total. The molecule has 0 aliphatic rings. The van der Waals surface area contributed by atoms with E-state index in [4.69, 9.17) is 5.84 Å². The van der Waals surface area contributed by atoms with E-state index in [9.17, 15) is 4.39 Å². The number of hydrogen-bond donors (Lipinski definition) is 2. The van der Waals surface area contributed by atoms with Gasteiger partial charge in [0.25, 0.3) is 0 Å². The number of halogens is 2. The molecule has 84 valence electrons. The van der Waals surface area contributed by atoms with Gasteiger partial charge in [-0.15, -0.1) is 0 Å². The van der Waals surface area contributed by atoms with E-state index in [-0.39, 0.29) is 5.82 Å². The molecule has 2 aromatic rings. The Bertz CT molecular complexity index is 569. The topological polar surface area (TPSA) is 50.9 Å². The molecule has 1 heterocycles. The molecule has 0 fully saturated rings. The van der Waals surface area contributed by atoms with Crippen LogP contribution in [0.5, 0.6) is 0 Å². The van der Waals surface area contributed by atoms with Crippen molar-refractivity contribution >= 4 is 32.5 Å². The van der Waals surface area contributed by atoms with E-state index in [1.165, 1.54) is 6.07 Å². The molecule has 5 heteroatoms. The van der Waals surface area contributed by atoms with Crippen molar-refractivity contribution in [2.45, 2.75) is 13.8 Å². The van der Waals surface area contributed by atoms with E-state index in [1.54, 1.807) is 6.07 Å². The maximum Gasteiger partial charge on any atom is 0.150 e. The summed E-state index contributed by atoms with van der Waals surface area (Å²) in [6, 6.07) is 3.19. The van der Waals surface area contributed by atoms with Crippen LogP contribution in [0.3, 0.4) is 0 Å². The lowest BCUT2D eigenvalue weighted by atomic mass is 10.1. The largest absolute Gasteiger partial charge is 0.323 e. The Balaban J connectivity index is 2.96. The summed E-state index contributed by atoms with van der Waals surface area (Å²) < 4.78 is 14.4. The number of pyridine rings is 1. The number of aryl methyl sites for hydroxylation is 1. The Morgan fingerprint density at radius 3 is 2.69 bits per heavy atom. The van der Waals surface area contributed by atoms with Crippen LogP contribution in [0.25, 0.3) is 10.9 Å². The first-order valence-electron chi connectivity index (χ1n) is 4.77. The Labute approximate surface area is 101 Å². The van der Waals surface area contributed by atoms with Crippen molar-refractivity contribution in [3.05, 3.63) is 33.7 Å². The lowest BCUT2D eigenvalue weighted by molar-refractivity contribution is 0.635. The number of aromatic nitrogens is 1. The van der Waals surface area contributed by atoms with Crippen LogP contribution >= 0.6 is 15.9 Å². The number of anilines is 1. The number of hydrogen-bond acceptors (Lipinski definition) is 3. The fourth-order valence-electron chi connectivity index (χ4n) is 1.69. The zero-order chi connectivity index (χ0) is 11.9. The highest BCUT2D eigenvalue weighted by Gasteiger charge is 2.12. The molecule has 16 heavy (non-hydrogen) atoms. The van der Waals surface area contributed by atoms with Gasteiger partial charge in [-0.3, -0.25) is 5.84 Å². The van der Waals surface area contributed by atoms with Gasteiger partial charge in [-0.25, -0.2) is 9.37 Å². The Morgan fingerprint density at radius 2 is 2.06 bits per heavy atom. The summed E-state index contributed by atoms with van der Waals surface area (Å²) in [6.07, 6.45) is 0. The number of nitrogens with one attached hydrogen (secondary N) is 1. The zero-order valence-electron chi connectivity index (χ0n) is 8.94. The molecular weight excluding hydrogens is 273 g/mol. The molecule has 1 aromatic carbocycles. The molecular formula is C11H11BrFN3. The summed E-state index contributed by atoms with van der Waals surface area (Å²) in [5.74, 6) is 5.11. The molecule has 0 aliphatic carbocycles. The molecule has 1 aromatic heterocycles. The van der Waals surface area contributed by atoms with Crippen molar-refractivity contribution in [2.75, 3.05) is 5.43 Å². The second-order valence-electron chi connectivity index (χ2n) is 3.63. The third kappa shape index (κ3) is 1.66. The van der Waals surface area contributed by atoms with Crippen molar-refractivity contribution in [3.8, 4) is 0 Å². The van der Waals surface area contributed by atoms with Gasteiger partial charge in [-0.05, 0) is 31.5 Å². The predicted octanol–water partition coefficient (Wildman–Crippen LogP) is 3.04. The zero-order valence-corrected chi connectivity index (χ0v) is 10.5. The molecule has 0 saturated heterocycles. The minimum Gasteiger partial charge on any atom is -0.323 e. The SMILES string of the molecule is Cc1nc2c(F)cc(Br)cc2c(NN)c1C. The first-order valence-corrected chi connectivity index (χ1v) is 5.56. The molecule has 0 saturated carbocycles.